The summed E-state index contributed by atoms with van der Waals surface area (Å²) < 4.78 is 5.44. The molecule has 0 saturated carbocycles. The van der Waals surface area contributed by atoms with Crippen LogP contribution in [0, 0.1) is 6.42 Å². The lowest BCUT2D eigenvalue weighted by Crippen LogP contribution is -2.57. The second kappa shape index (κ2) is 6.95. The normalized spacial score (nSPS) is 32.9. The molecule has 21 heavy (non-hydrogen) atoms. The zero-order chi connectivity index (χ0) is 15.6. The van der Waals surface area contributed by atoms with Gasteiger partial charge < -0.3 is 25.8 Å². The Labute approximate surface area is 130 Å². The van der Waals surface area contributed by atoms with Gasteiger partial charge in [-0.15, -0.1) is 0 Å². The molecule has 1 saturated heterocycles. The van der Waals surface area contributed by atoms with E-state index in [4.69, 9.17) is 22.1 Å². The smallest absolute Gasteiger partial charge is 0.279 e. The molecular weight excluding hydrogens is 318 g/mol. The summed E-state index contributed by atoms with van der Waals surface area (Å²) >= 11 is 6.34. The number of carbonyl (C=O) groups excluding carboxylic acids is 1. The molecule has 5 N–H and O–H groups in total. The first-order valence-electron chi connectivity index (χ1n) is 6.14. The van der Waals surface area contributed by atoms with E-state index in [0.717, 1.165) is 5.56 Å². The van der Waals surface area contributed by atoms with Crippen molar-refractivity contribution in [3.63, 3.8) is 0 Å². The minimum absolute atomic E-state index is 0.560. The van der Waals surface area contributed by atoms with Crippen LogP contribution < -0.4 is 5.73 Å². The molecule has 1 heterocycles. The highest BCUT2D eigenvalue weighted by Crippen LogP contribution is 2.30. The number of amides is 1. The van der Waals surface area contributed by atoms with Gasteiger partial charge in [-0.3, -0.25) is 4.79 Å². The first kappa shape index (κ1) is 16.5. The number of nitrogens with two attached hydrogens (primary N) is 1. The van der Waals surface area contributed by atoms with Crippen LogP contribution in [0.1, 0.15) is 5.56 Å². The molecular formula is C13H15ClNO5S. The number of benzene rings is 1. The van der Waals surface area contributed by atoms with E-state index in [2.05, 4.69) is 0 Å². The van der Waals surface area contributed by atoms with Crippen LogP contribution in [0.3, 0.4) is 0 Å². The van der Waals surface area contributed by atoms with Gasteiger partial charge in [-0.25, -0.2) is 0 Å². The summed E-state index contributed by atoms with van der Waals surface area (Å²) in [6.45, 7) is 0. The Morgan fingerprint density at radius 1 is 1.19 bits per heavy atom. The molecule has 0 spiro atoms. The van der Waals surface area contributed by atoms with E-state index in [1.54, 1.807) is 30.7 Å². The standard InChI is InChI=1S/C13H15ClNO5S/c14-7-3-1-6(2-4-7)5-8-9(16)10(17)11(18)12(20-8)21-13(15)19/h1-5,8-12,16-18H,(H2,15,19). The fourth-order valence-electron chi connectivity index (χ4n) is 1.99. The van der Waals surface area contributed by atoms with Crippen LogP contribution in [0.5, 0.6) is 0 Å². The molecule has 5 unspecified atom stereocenters. The average molecular weight is 333 g/mol. The number of aliphatic hydroxyl groups excluding tert-OH is 3. The van der Waals surface area contributed by atoms with Crippen molar-refractivity contribution in [3.8, 4) is 0 Å². The first-order valence-corrected chi connectivity index (χ1v) is 7.40. The van der Waals surface area contributed by atoms with Crippen LogP contribution in [0.25, 0.3) is 0 Å². The summed E-state index contributed by atoms with van der Waals surface area (Å²) in [5, 5.41) is 29.4. The van der Waals surface area contributed by atoms with Gasteiger partial charge in [-0.2, -0.15) is 0 Å². The third-order valence-electron chi connectivity index (χ3n) is 3.07. The van der Waals surface area contributed by atoms with E-state index in [1.165, 1.54) is 0 Å². The number of carbonyl (C=O) groups is 1. The summed E-state index contributed by atoms with van der Waals surface area (Å²) in [5.41, 5.74) is 4.71. The fourth-order valence-corrected chi connectivity index (χ4v) is 2.83. The third-order valence-corrected chi connectivity index (χ3v) is 4.17. The molecule has 8 heteroatoms. The zero-order valence-electron chi connectivity index (χ0n) is 10.8. The second-order valence-corrected chi connectivity index (χ2v) is 6.14. The third kappa shape index (κ3) is 4.09. The maximum atomic E-state index is 10.9. The highest BCUT2D eigenvalue weighted by atomic mass is 35.5. The summed E-state index contributed by atoms with van der Waals surface area (Å²) in [6.07, 6.45) is -3.48. The Kier molecular flexibility index (Phi) is 5.48. The Morgan fingerprint density at radius 2 is 1.81 bits per heavy atom. The van der Waals surface area contributed by atoms with Gasteiger partial charge in [-0.05, 0) is 29.5 Å². The zero-order valence-corrected chi connectivity index (χ0v) is 12.4. The summed E-state index contributed by atoms with van der Waals surface area (Å²) in [4.78, 5) is 10.9. The van der Waals surface area contributed by atoms with Gasteiger partial charge in [0.1, 0.15) is 23.7 Å². The van der Waals surface area contributed by atoms with Gasteiger partial charge >= 0.3 is 0 Å². The molecule has 6 nitrogen and oxygen atoms in total. The van der Waals surface area contributed by atoms with Crippen molar-refractivity contribution in [2.75, 3.05) is 0 Å². The highest BCUT2D eigenvalue weighted by molar-refractivity contribution is 8.13. The molecule has 0 aliphatic carbocycles. The molecule has 0 bridgehead atoms. The summed E-state index contributed by atoms with van der Waals surface area (Å²) in [7, 11) is 0. The SMILES string of the molecule is NC(=O)SC1OC([CH]c2ccc(Cl)cc2)C(O)C(O)C1O. The lowest BCUT2D eigenvalue weighted by molar-refractivity contribution is -0.187. The van der Waals surface area contributed by atoms with E-state index < -0.39 is 35.1 Å². The number of thioether (sulfide) groups is 1. The second-order valence-electron chi connectivity index (χ2n) is 4.60. The van der Waals surface area contributed by atoms with Crippen LogP contribution in [0.4, 0.5) is 4.79 Å². The number of halogens is 1. The van der Waals surface area contributed by atoms with E-state index in [1.807, 2.05) is 0 Å². The maximum absolute atomic E-state index is 10.9. The highest BCUT2D eigenvalue weighted by Gasteiger charge is 2.44. The van der Waals surface area contributed by atoms with Crippen LogP contribution in [0.2, 0.25) is 5.02 Å². The van der Waals surface area contributed by atoms with E-state index in [-0.39, 0.29) is 0 Å². The van der Waals surface area contributed by atoms with Crippen LogP contribution >= 0.6 is 23.4 Å². The molecule has 0 aromatic heterocycles. The van der Waals surface area contributed by atoms with Crippen LogP contribution in [0.15, 0.2) is 24.3 Å². The number of ether oxygens (including phenoxy) is 1. The molecule has 1 fully saturated rings. The number of aliphatic hydroxyl groups is 3. The van der Waals surface area contributed by atoms with Crippen molar-refractivity contribution in [2.24, 2.45) is 5.73 Å². The lowest BCUT2D eigenvalue weighted by Gasteiger charge is -2.39. The van der Waals surface area contributed by atoms with Crippen molar-refractivity contribution in [3.05, 3.63) is 41.3 Å². The van der Waals surface area contributed by atoms with E-state index in [0.29, 0.717) is 16.8 Å². The number of hydrogen-bond acceptors (Lipinski definition) is 6. The Bertz CT molecular complexity index is 500. The summed E-state index contributed by atoms with van der Waals surface area (Å²) in [6, 6.07) is 6.77. The van der Waals surface area contributed by atoms with Gasteiger partial charge in [0.25, 0.3) is 5.24 Å². The first-order chi connectivity index (χ1) is 9.88. The van der Waals surface area contributed by atoms with Crippen molar-refractivity contribution in [1.29, 1.82) is 0 Å². The lowest BCUT2D eigenvalue weighted by atomic mass is 9.95. The van der Waals surface area contributed by atoms with E-state index in [9.17, 15) is 20.1 Å². The maximum Gasteiger partial charge on any atom is 0.279 e. The van der Waals surface area contributed by atoms with Crippen molar-refractivity contribution < 1.29 is 24.9 Å². The Morgan fingerprint density at radius 3 is 2.38 bits per heavy atom. The minimum Gasteiger partial charge on any atom is -0.388 e. The molecule has 1 radical (unpaired) electrons. The largest absolute Gasteiger partial charge is 0.388 e. The molecule has 1 aromatic carbocycles. The van der Waals surface area contributed by atoms with Crippen molar-refractivity contribution >= 4 is 28.6 Å². The number of primary amides is 1. The monoisotopic (exact) mass is 332 g/mol. The van der Waals surface area contributed by atoms with Crippen molar-refractivity contribution in [1.82, 2.24) is 0 Å². The Balaban J connectivity index is 2.10. The minimum atomic E-state index is -1.44. The summed E-state index contributed by atoms with van der Waals surface area (Å²) in [5.74, 6) is 0. The van der Waals surface area contributed by atoms with Crippen LogP contribution in [-0.2, 0) is 4.74 Å². The molecule has 115 valence electrons. The van der Waals surface area contributed by atoms with Gasteiger partial charge in [0.2, 0.25) is 0 Å². The number of hydrogen-bond donors (Lipinski definition) is 4. The van der Waals surface area contributed by atoms with Gasteiger partial charge in [0, 0.05) is 11.4 Å². The number of rotatable bonds is 3. The average Bonchev–Trinajstić information content (AvgIpc) is 2.43. The molecule has 1 amide bonds. The van der Waals surface area contributed by atoms with Crippen molar-refractivity contribution in [2.45, 2.75) is 29.9 Å². The molecule has 1 aliphatic rings. The molecule has 5 atom stereocenters. The van der Waals surface area contributed by atoms with E-state index >= 15 is 0 Å². The van der Waals surface area contributed by atoms with Crippen LogP contribution in [-0.4, -0.2) is 50.4 Å². The molecule has 1 aliphatic heterocycles. The predicted molar refractivity (Wildman–Crippen MR) is 78.7 cm³/mol. The Hall–Kier alpha value is -0.830. The topological polar surface area (TPSA) is 113 Å². The fraction of sp³-hybridized carbons (Fsp3) is 0.385. The van der Waals surface area contributed by atoms with Gasteiger partial charge in [0.15, 0.2) is 0 Å². The molecule has 1 aromatic rings. The quantitative estimate of drug-likeness (QED) is 0.641. The van der Waals surface area contributed by atoms with Gasteiger partial charge in [0.05, 0.1) is 6.10 Å². The molecule has 2 rings (SSSR count). The predicted octanol–water partition coefficient (Wildman–Crippen LogP) is 0.512. The van der Waals surface area contributed by atoms with Gasteiger partial charge in [-0.1, -0.05) is 23.7 Å².